The summed E-state index contributed by atoms with van der Waals surface area (Å²) in [6.07, 6.45) is 1.28. The molecule has 0 saturated heterocycles. The van der Waals surface area contributed by atoms with Crippen molar-refractivity contribution in [2.24, 2.45) is 10.9 Å². The molecule has 0 heterocycles. The number of methoxy groups -OCH3 is 3. The van der Waals surface area contributed by atoms with Gasteiger partial charge in [0.05, 0.1) is 40.6 Å². The van der Waals surface area contributed by atoms with Crippen LogP contribution in [0.3, 0.4) is 0 Å². The van der Waals surface area contributed by atoms with Crippen LogP contribution in [-0.2, 0) is 16.1 Å². The van der Waals surface area contributed by atoms with Gasteiger partial charge in [0.25, 0.3) is 0 Å². The van der Waals surface area contributed by atoms with E-state index < -0.39 is 11.9 Å². The number of hydrogen-bond donors (Lipinski definition) is 0. The third kappa shape index (κ3) is 4.88. The fraction of sp³-hybridized carbons (Fsp3) is 0.438. The van der Waals surface area contributed by atoms with Crippen molar-refractivity contribution < 1.29 is 23.7 Å². The maximum atomic E-state index is 11.5. The number of nitriles is 1. The molecule has 23 heavy (non-hydrogen) atoms. The first kappa shape index (κ1) is 18.3. The zero-order chi connectivity index (χ0) is 17.2. The molecule has 0 spiro atoms. The van der Waals surface area contributed by atoms with Gasteiger partial charge in [0.15, 0.2) is 17.4 Å². The van der Waals surface area contributed by atoms with Crippen molar-refractivity contribution in [3.8, 4) is 23.3 Å². The van der Waals surface area contributed by atoms with Gasteiger partial charge in [-0.2, -0.15) is 5.26 Å². The van der Waals surface area contributed by atoms with Crippen LogP contribution in [0.25, 0.3) is 0 Å². The molecule has 124 valence electrons. The molecule has 0 bridgehead atoms. The lowest BCUT2D eigenvalue weighted by atomic mass is 10.1. The lowest BCUT2D eigenvalue weighted by molar-refractivity contribution is -0.143. The van der Waals surface area contributed by atoms with E-state index in [-0.39, 0.29) is 13.2 Å². The average Bonchev–Trinajstić information content (AvgIpc) is 2.57. The molecule has 1 atom stereocenters. The summed E-state index contributed by atoms with van der Waals surface area (Å²) in [4.78, 5) is 15.6. The molecule has 0 fully saturated rings. The minimum absolute atomic E-state index is 0.220. The van der Waals surface area contributed by atoms with Crippen molar-refractivity contribution in [3.05, 3.63) is 17.7 Å². The molecular formula is C16H20N2O5. The molecule has 0 aliphatic rings. The fourth-order valence-corrected chi connectivity index (χ4v) is 1.87. The molecule has 1 aromatic carbocycles. The van der Waals surface area contributed by atoms with Gasteiger partial charge in [-0.1, -0.05) is 0 Å². The first-order chi connectivity index (χ1) is 11.1. The van der Waals surface area contributed by atoms with E-state index in [1.807, 2.05) is 6.07 Å². The second-order valence-electron chi connectivity index (χ2n) is 4.38. The van der Waals surface area contributed by atoms with Crippen LogP contribution in [0.1, 0.15) is 12.5 Å². The second kappa shape index (κ2) is 9.30. The number of carbonyl (C=O) groups excluding carboxylic acids is 1. The first-order valence-corrected chi connectivity index (χ1v) is 6.96. The molecular weight excluding hydrogens is 300 g/mol. The highest BCUT2D eigenvalue weighted by Gasteiger charge is 2.16. The SMILES string of the molecule is CCOC(=O)[C@@H](C#N)C=NCc1cc(OC)c(OC)c(OC)c1. The van der Waals surface area contributed by atoms with Crippen LogP contribution in [0.15, 0.2) is 17.1 Å². The second-order valence-corrected chi connectivity index (χ2v) is 4.38. The number of nitrogens with zero attached hydrogens (tertiary/aromatic N) is 2. The van der Waals surface area contributed by atoms with E-state index in [2.05, 4.69) is 4.99 Å². The molecule has 1 rings (SSSR count). The number of benzene rings is 1. The van der Waals surface area contributed by atoms with Crippen molar-refractivity contribution in [2.75, 3.05) is 27.9 Å². The van der Waals surface area contributed by atoms with Crippen molar-refractivity contribution in [1.29, 1.82) is 5.26 Å². The Labute approximate surface area is 135 Å². The molecule has 0 N–H and O–H groups in total. The molecule has 0 aromatic heterocycles. The topological polar surface area (TPSA) is 90.1 Å². The number of hydrogen-bond acceptors (Lipinski definition) is 7. The summed E-state index contributed by atoms with van der Waals surface area (Å²) >= 11 is 0. The molecule has 0 aliphatic heterocycles. The normalized spacial score (nSPS) is 11.6. The van der Waals surface area contributed by atoms with Crippen LogP contribution in [0.4, 0.5) is 0 Å². The Morgan fingerprint density at radius 2 is 1.87 bits per heavy atom. The van der Waals surface area contributed by atoms with Crippen LogP contribution in [-0.4, -0.2) is 40.1 Å². The maximum Gasteiger partial charge on any atom is 0.328 e. The Balaban J connectivity index is 2.91. The highest BCUT2D eigenvalue weighted by atomic mass is 16.5. The quantitative estimate of drug-likeness (QED) is 0.537. The summed E-state index contributed by atoms with van der Waals surface area (Å²) in [5, 5.41) is 8.95. The van der Waals surface area contributed by atoms with E-state index in [9.17, 15) is 4.79 Å². The summed E-state index contributed by atoms with van der Waals surface area (Å²) in [7, 11) is 4.57. The van der Waals surface area contributed by atoms with Crippen molar-refractivity contribution in [2.45, 2.75) is 13.5 Å². The predicted molar refractivity (Wildman–Crippen MR) is 84.0 cm³/mol. The van der Waals surface area contributed by atoms with Crippen LogP contribution in [0.5, 0.6) is 17.2 Å². The highest BCUT2D eigenvalue weighted by Crippen LogP contribution is 2.38. The van der Waals surface area contributed by atoms with E-state index in [1.165, 1.54) is 27.5 Å². The van der Waals surface area contributed by atoms with Gasteiger partial charge in [0.2, 0.25) is 5.75 Å². The molecule has 7 nitrogen and oxygen atoms in total. The van der Waals surface area contributed by atoms with Gasteiger partial charge >= 0.3 is 5.97 Å². The summed E-state index contributed by atoms with van der Waals surface area (Å²) in [6, 6.07) is 5.35. The van der Waals surface area contributed by atoms with Gasteiger partial charge < -0.3 is 18.9 Å². The minimum atomic E-state index is -1.02. The third-order valence-corrected chi connectivity index (χ3v) is 2.93. The zero-order valence-corrected chi connectivity index (χ0v) is 13.7. The number of ether oxygens (including phenoxy) is 4. The van der Waals surface area contributed by atoms with Crippen LogP contribution >= 0.6 is 0 Å². The Morgan fingerprint density at radius 3 is 2.30 bits per heavy atom. The maximum absolute atomic E-state index is 11.5. The molecule has 1 aromatic rings. The zero-order valence-electron chi connectivity index (χ0n) is 13.7. The molecule has 0 saturated carbocycles. The van der Waals surface area contributed by atoms with Crippen molar-refractivity contribution in [1.82, 2.24) is 0 Å². The Morgan fingerprint density at radius 1 is 1.26 bits per heavy atom. The predicted octanol–water partition coefficient (Wildman–Crippen LogP) is 1.99. The summed E-state index contributed by atoms with van der Waals surface area (Å²) < 4.78 is 20.5. The van der Waals surface area contributed by atoms with Crippen LogP contribution in [0, 0.1) is 17.2 Å². The van der Waals surface area contributed by atoms with Gasteiger partial charge in [-0.05, 0) is 24.6 Å². The summed E-state index contributed by atoms with van der Waals surface area (Å²) in [5.74, 6) is -0.108. The van der Waals surface area contributed by atoms with E-state index in [0.717, 1.165) is 5.56 Å². The minimum Gasteiger partial charge on any atom is -0.493 e. The number of carbonyl (C=O) groups is 1. The molecule has 7 heteroatoms. The highest BCUT2D eigenvalue weighted by molar-refractivity contribution is 5.92. The molecule has 0 amide bonds. The van der Waals surface area contributed by atoms with Crippen molar-refractivity contribution in [3.63, 3.8) is 0 Å². The molecule has 0 radical (unpaired) electrons. The number of aliphatic imine (C=N–C) groups is 1. The lowest BCUT2D eigenvalue weighted by Gasteiger charge is -2.13. The van der Waals surface area contributed by atoms with Gasteiger partial charge in [0, 0.05) is 6.21 Å². The largest absolute Gasteiger partial charge is 0.493 e. The first-order valence-electron chi connectivity index (χ1n) is 6.96. The van der Waals surface area contributed by atoms with E-state index in [1.54, 1.807) is 19.1 Å². The van der Waals surface area contributed by atoms with Gasteiger partial charge in [-0.3, -0.25) is 9.79 Å². The summed E-state index contributed by atoms with van der Waals surface area (Å²) in [6.45, 7) is 2.16. The third-order valence-electron chi connectivity index (χ3n) is 2.93. The summed E-state index contributed by atoms with van der Waals surface area (Å²) in [5.41, 5.74) is 0.788. The molecule has 0 aliphatic carbocycles. The van der Waals surface area contributed by atoms with E-state index in [4.69, 9.17) is 24.2 Å². The monoisotopic (exact) mass is 320 g/mol. The van der Waals surface area contributed by atoms with Crippen LogP contribution in [0.2, 0.25) is 0 Å². The van der Waals surface area contributed by atoms with Gasteiger partial charge in [0.1, 0.15) is 0 Å². The number of esters is 1. The Hall–Kier alpha value is -2.75. The van der Waals surface area contributed by atoms with E-state index in [0.29, 0.717) is 17.2 Å². The molecule has 0 unspecified atom stereocenters. The van der Waals surface area contributed by atoms with Crippen molar-refractivity contribution >= 4 is 12.2 Å². The van der Waals surface area contributed by atoms with Gasteiger partial charge in [-0.15, -0.1) is 0 Å². The fourth-order valence-electron chi connectivity index (χ4n) is 1.87. The van der Waals surface area contributed by atoms with E-state index >= 15 is 0 Å². The Kier molecular flexibility index (Phi) is 7.40. The smallest absolute Gasteiger partial charge is 0.328 e. The Bertz CT molecular complexity index is 582. The lowest BCUT2D eigenvalue weighted by Crippen LogP contribution is -2.17. The standard InChI is InChI=1S/C16H20N2O5/c1-5-23-16(19)12(8-17)10-18-9-11-6-13(20-2)15(22-4)14(7-11)21-3/h6-7,10,12H,5,9H2,1-4H3/t12-/m0/s1. The van der Waals surface area contributed by atoms with Gasteiger partial charge in [-0.25, -0.2) is 0 Å². The van der Waals surface area contributed by atoms with Crippen LogP contribution < -0.4 is 14.2 Å². The number of rotatable bonds is 8. The average molecular weight is 320 g/mol.